The van der Waals surface area contributed by atoms with Gasteiger partial charge in [0, 0.05) is 16.2 Å². The van der Waals surface area contributed by atoms with Gasteiger partial charge in [-0.15, -0.1) is 0 Å². The van der Waals surface area contributed by atoms with E-state index in [9.17, 15) is 18.0 Å². The largest absolute Gasteiger partial charge is 0.416 e. The number of anilines is 1. The lowest BCUT2D eigenvalue weighted by molar-refractivity contribution is -0.137. The highest BCUT2D eigenvalue weighted by atomic mass is 35.5. The zero-order valence-corrected chi connectivity index (χ0v) is 11.8. The monoisotopic (exact) mass is 323 g/mol. The van der Waals surface area contributed by atoms with Crippen LogP contribution >= 0.6 is 11.6 Å². The molecule has 1 aliphatic rings. The predicted molar refractivity (Wildman–Crippen MR) is 79.4 cm³/mol. The standard InChI is InChI=1S/C16H9ClF3NO/c17-11-5-6-12-13(15(22)21-14(12)8-11)7-9-1-3-10(4-2-9)16(18,19)20/h1-8H,(H,21,22)/b13-7+. The van der Waals surface area contributed by atoms with E-state index in [0.29, 0.717) is 27.4 Å². The van der Waals surface area contributed by atoms with E-state index in [-0.39, 0.29) is 5.91 Å². The van der Waals surface area contributed by atoms with Gasteiger partial charge in [0.05, 0.1) is 11.3 Å². The topological polar surface area (TPSA) is 29.1 Å². The lowest BCUT2D eigenvalue weighted by Gasteiger charge is -2.06. The molecule has 0 atom stereocenters. The zero-order chi connectivity index (χ0) is 15.9. The van der Waals surface area contributed by atoms with Crippen LogP contribution in [0.15, 0.2) is 42.5 Å². The first-order chi connectivity index (χ1) is 10.3. The molecule has 2 aromatic rings. The number of carbonyl (C=O) groups excluding carboxylic acids is 1. The number of alkyl halides is 3. The van der Waals surface area contributed by atoms with Crippen molar-refractivity contribution in [3.05, 3.63) is 64.2 Å². The molecule has 0 aliphatic carbocycles. The van der Waals surface area contributed by atoms with Gasteiger partial charge in [0.1, 0.15) is 0 Å². The number of fused-ring (bicyclic) bond motifs is 1. The fourth-order valence-electron chi connectivity index (χ4n) is 2.25. The molecule has 1 amide bonds. The van der Waals surface area contributed by atoms with Crippen molar-refractivity contribution in [2.75, 3.05) is 5.32 Å². The first-order valence-corrected chi connectivity index (χ1v) is 6.72. The van der Waals surface area contributed by atoms with Crippen LogP contribution in [0.4, 0.5) is 18.9 Å². The zero-order valence-electron chi connectivity index (χ0n) is 11.0. The average Bonchev–Trinajstić information content (AvgIpc) is 2.74. The first-order valence-electron chi connectivity index (χ1n) is 6.35. The van der Waals surface area contributed by atoms with Gasteiger partial charge in [-0.3, -0.25) is 4.79 Å². The minimum atomic E-state index is -4.38. The molecule has 0 saturated heterocycles. The molecule has 2 aromatic carbocycles. The number of rotatable bonds is 1. The van der Waals surface area contributed by atoms with Gasteiger partial charge in [0.2, 0.25) is 0 Å². The van der Waals surface area contributed by atoms with Crippen molar-refractivity contribution in [1.29, 1.82) is 0 Å². The third kappa shape index (κ3) is 2.72. The maximum atomic E-state index is 12.5. The van der Waals surface area contributed by atoms with Crippen LogP contribution in [0, 0.1) is 0 Å². The van der Waals surface area contributed by atoms with Crippen molar-refractivity contribution >= 4 is 34.8 Å². The Morgan fingerprint density at radius 2 is 1.73 bits per heavy atom. The smallest absolute Gasteiger partial charge is 0.321 e. The van der Waals surface area contributed by atoms with Gasteiger partial charge in [-0.05, 0) is 35.9 Å². The van der Waals surface area contributed by atoms with Gasteiger partial charge < -0.3 is 5.32 Å². The Morgan fingerprint density at radius 3 is 2.36 bits per heavy atom. The number of carbonyl (C=O) groups is 1. The van der Waals surface area contributed by atoms with E-state index in [4.69, 9.17) is 11.6 Å². The van der Waals surface area contributed by atoms with Crippen LogP contribution in [0.25, 0.3) is 11.6 Å². The van der Waals surface area contributed by atoms with Crippen LogP contribution in [0.3, 0.4) is 0 Å². The Hall–Kier alpha value is -2.27. The summed E-state index contributed by atoms with van der Waals surface area (Å²) >= 11 is 5.86. The van der Waals surface area contributed by atoms with Gasteiger partial charge in [-0.1, -0.05) is 29.8 Å². The first kappa shape index (κ1) is 14.7. The molecule has 0 bridgehead atoms. The molecule has 0 aromatic heterocycles. The minimum absolute atomic E-state index is 0.308. The highest BCUT2D eigenvalue weighted by Crippen LogP contribution is 2.35. The lowest BCUT2D eigenvalue weighted by Crippen LogP contribution is -2.04. The van der Waals surface area contributed by atoms with Gasteiger partial charge in [-0.25, -0.2) is 0 Å². The van der Waals surface area contributed by atoms with E-state index >= 15 is 0 Å². The molecule has 1 aliphatic heterocycles. The van der Waals surface area contributed by atoms with Gasteiger partial charge in [0.15, 0.2) is 0 Å². The van der Waals surface area contributed by atoms with Crippen LogP contribution in [0.2, 0.25) is 5.02 Å². The third-order valence-electron chi connectivity index (χ3n) is 3.31. The van der Waals surface area contributed by atoms with Crippen molar-refractivity contribution in [3.8, 4) is 0 Å². The molecular formula is C16H9ClF3NO. The molecule has 0 spiro atoms. The molecule has 1 N–H and O–H groups in total. The van der Waals surface area contributed by atoms with E-state index < -0.39 is 11.7 Å². The van der Waals surface area contributed by atoms with E-state index in [2.05, 4.69) is 5.32 Å². The summed E-state index contributed by atoms with van der Waals surface area (Å²) in [7, 11) is 0. The number of amides is 1. The molecule has 0 unspecified atom stereocenters. The van der Waals surface area contributed by atoms with Crippen LogP contribution in [-0.2, 0) is 11.0 Å². The fraction of sp³-hybridized carbons (Fsp3) is 0.0625. The number of hydrogen-bond donors (Lipinski definition) is 1. The van der Waals surface area contributed by atoms with Crippen LogP contribution in [0.5, 0.6) is 0 Å². The van der Waals surface area contributed by atoms with Crippen molar-refractivity contribution < 1.29 is 18.0 Å². The average molecular weight is 324 g/mol. The fourth-order valence-corrected chi connectivity index (χ4v) is 2.42. The van der Waals surface area contributed by atoms with Gasteiger partial charge >= 0.3 is 6.18 Å². The summed E-state index contributed by atoms with van der Waals surface area (Å²) < 4.78 is 37.6. The predicted octanol–water partition coefficient (Wildman–Crippen LogP) is 4.85. The molecule has 6 heteroatoms. The number of nitrogens with one attached hydrogen (secondary N) is 1. The highest BCUT2D eigenvalue weighted by Gasteiger charge is 2.30. The van der Waals surface area contributed by atoms with E-state index in [1.807, 2.05) is 0 Å². The van der Waals surface area contributed by atoms with Crippen LogP contribution in [0.1, 0.15) is 16.7 Å². The maximum absolute atomic E-state index is 12.5. The Bertz CT molecular complexity index is 779. The van der Waals surface area contributed by atoms with E-state index in [1.165, 1.54) is 12.1 Å². The van der Waals surface area contributed by atoms with Crippen LogP contribution < -0.4 is 5.32 Å². The summed E-state index contributed by atoms with van der Waals surface area (Å²) in [5.74, 6) is -0.308. The second-order valence-electron chi connectivity index (χ2n) is 4.82. The van der Waals surface area contributed by atoms with Crippen molar-refractivity contribution in [1.82, 2.24) is 0 Å². The molecule has 2 nitrogen and oxygen atoms in total. The van der Waals surface area contributed by atoms with Crippen molar-refractivity contribution in [3.63, 3.8) is 0 Å². The van der Waals surface area contributed by atoms with Crippen LogP contribution in [-0.4, -0.2) is 5.91 Å². The summed E-state index contributed by atoms with van der Waals surface area (Å²) in [6.07, 6.45) is -2.82. The maximum Gasteiger partial charge on any atom is 0.416 e. The Labute approximate surface area is 129 Å². The highest BCUT2D eigenvalue weighted by molar-refractivity contribution is 6.36. The van der Waals surface area contributed by atoms with Crippen molar-refractivity contribution in [2.24, 2.45) is 0 Å². The second kappa shape index (κ2) is 5.18. The van der Waals surface area contributed by atoms with E-state index in [1.54, 1.807) is 24.3 Å². The molecule has 3 rings (SSSR count). The van der Waals surface area contributed by atoms with Gasteiger partial charge in [0.25, 0.3) is 5.91 Å². The summed E-state index contributed by atoms with van der Waals surface area (Å²) in [5.41, 5.74) is 1.45. The molecule has 1 heterocycles. The molecule has 0 fully saturated rings. The summed E-state index contributed by atoms with van der Waals surface area (Å²) in [4.78, 5) is 12.0. The molecule has 0 radical (unpaired) electrons. The quantitative estimate of drug-likeness (QED) is 0.747. The Balaban J connectivity index is 1.98. The lowest BCUT2D eigenvalue weighted by atomic mass is 10.0. The number of benzene rings is 2. The Kier molecular flexibility index (Phi) is 3.45. The molecular weight excluding hydrogens is 315 g/mol. The van der Waals surface area contributed by atoms with Crippen molar-refractivity contribution in [2.45, 2.75) is 6.18 Å². The second-order valence-corrected chi connectivity index (χ2v) is 5.26. The minimum Gasteiger partial charge on any atom is -0.321 e. The Morgan fingerprint density at radius 1 is 1.05 bits per heavy atom. The molecule has 0 saturated carbocycles. The van der Waals surface area contributed by atoms with Gasteiger partial charge in [-0.2, -0.15) is 13.2 Å². The SMILES string of the molecule is O=C1Nc2cc(Cl)ccc2/C1=C\c1ccc(C(F)(F)F)cc1. The summed E-state index contributed by atoms with van der Waals surface area (Å²) in [6.45, 7) is 0. The van der Waals surface area contributed by atoms with E-state index in [0.717, 1.165) is 12.1 Å². The normalized spacial score (nSPS) is 15.8. The number of halogens is 4. The third-order valence-corrected chi connectivity index (χ3v) is 3.55. The molecule has 22 heavy (non-hydrogen) atoms. The number of hydrogen-bond acceptors (Lipinski definition) is 1. The summed E-state index contributed by atoms with van der Waals surface area (Å²) in [6, 6.07) is 9.62. The molecule has 112 valence electrons. The summed E-state index contributed by atoms with van der Waals surface area (Å²) in [5, 5.41) is 3.17.